The van der Waals surface area contributed by atoms with Crippen molar-refractivity contribution in [3.8, 4) is 6.07 Å². The largest absolute Gasteiger partial charge is 0.262 e. The van der Waals surface area contributed by atoms with Crippen molar-refractivity contribution in [2.45, 2.75) is 18.2 Å². The first kappa shape index (κ1) is 12.3. The van der Waals surface area contributed by atoms with Gasteiger partial charge in [-0.05, 0) is 24.1 Å². The van der Waals surface area contributed by atoms with Crippen LogP contribution in [0.4, 0.5) is 0 Å². The Balaban J connectivity index is 3.66. The van der Waals surface area contributed by atoms with Crippen LogP contribution in [-0.2, 0) is 15.5 Å². The van der Waals surface area contributed by atoms with Crippen molar-refractivity contribution in [2.24, 2.45) is 0 Å². The zero-order valence-electron chi connectivity index (χ0n) is 7.79. The van der Waals surface area contributed by atoms with Gasteiger partial charge in [-0.1, -0.05) is 18.5 Å². The summed E-state index contributed by atoms with van der Waals surface area (Å²) in [6.07, 6.45) is 0.474. The van der Waals surface area contributed by atoms with E-state index in [0.29, 0.717) is 17.0 Å². The summed E-state index contributed by atoms with van der Waals surface area (Å²) in [7, 11) is 1.30. The van der Waals surface area contributed by atoms with Crippen LogP contribution < -0.4 is 0 Å². The highest BCUT2D eigenvalue weighted by molar-refractivity contribution is 8.13. The predicted octanol–water partition coefficient (Wildman–Crippen LogP) is 2.70. The molecule has 0 spiro atoms. The minimum absolute atomic E-state index is 0.0278. The molecule has 1 aromatic carbocycles. The van der Waals surface area contributed by atoms with E-state index in [1.165, 1.54) is 12.1 Å². The van der Waals surface area contributed by atoms with Gasteiger partial charge in [-0.25, -0.2) is 8.42 Å². The van der Waals surface area contributed by atoms with Crippen LogP contribution in [-0.4, -0.2) is 8.42 Å². The molecule has 0 bridgehead atoms. The monoisotopic (exact) mass is 263 g/mol. The smallest absolute Gasteiger partial charge is 0.207 e. The highest BCUT2D eigenvalue weighted by Gasteiger charge is 2.19. The SMILES string of the molecule is CCc1c(Cl)ccc(S(=O)(=O)Cl)c1C#N. The molecule has 0 atom stereocenters. The molecule has 1 aromatic rings. The summed E-state index contributed by atoms with van der Waals surface area (Å²) in [4.78, 5) is -0.187. The van der Waals surface area contributed by atoms with Gasteiger partial charge in [-0.2, -0.15) is 5.26 Å². The molecule has 0 saturated heterocycles. The van der Waals surface area contributed by atoms with Crippen molar-refractivity contribution in [1.82, 2.24) is 0 Å². The number of rotatable bonds is 2. The highest BCUT2D eigenvalue weighted by atomic mass is 35.7. The van der Waals surface area contributed by atoms with Crippen LogP contribution in [0.2, 0.25) is 5.02 Å². The third kappa shape index (κ3) is 2.43. The Morgan fingerprint density at radius 2 is 2.07 bits per heavy atom. The number of halogens is 2. The third-order valence-corrected chi connectivity index (χ3v) is 3.66. The normalized spacial score (nSPS) is 11.1. The van der Waals surface area contributed by atoms with Gasteiger partial charge in [0.15, 0.2) is 0 Å². The molecule has 3 nitrogen and oxygen atoms in total. The second-order valence-electron chi connectivity index (χ2n) is 2.80. The Morgan fingerprint density at radius 1 is 1.47 bits per heavy atom. The molecule has 0 unspecified atom stereocenters. The van der Waals surface area contributed by atoms with Crippen LogP contribution >= 0.6 is 22.3 Å². The molecule has 0 fully saturated rings. The van der Waals surface area contributed by atoms with Gasteiger partial charge in [0.25, 0.3) is 9.05 Å². The second-order valence-corrected chi connectivity index (χ2v) is 5.74. The summed E-state index contributed by atoms with van der Waals surface area (Å²) in [5.41, 5.74) is 0.529. The van der Waals surface area contributed by atoms with Gasteiger partial charge in [-0.15, -0.1) is 0 Å². The standard InChI is InChI=1S/C9H7Cl2NO2S/c1-2-6-7(5-12)9(15(11,13)14)4-3-8(6)10/h3-4H,2H2,1H3. The average Bonchev–Trinajstić information content (AvgIpc) is 2.15. The fourth-order valence-corrected chi connectivity index (χ4v) is 2.59. The van der Waals surface area contributed by atoms with E-state index in [4.69, 9.17) is 27.5 Å². The first-order valence-electron chi connectivity index (χ1n) is 4.08. The zero-order chi connectivity index (χ0) is 11.6. The lowest BCUT2D eigenvalue weighted by atomic mass is 10.1. The van der Waals surface area contributed by atoms with Gasteiger partial charge in [0.1, 0.15) is 11.0 Å². The Hall–Kier alpha value is -0.760. The summed E-state index contributed by atoms with van der Waals surface area (Å²) in [5, 5.41) is 9.26. The molecule has 6 heteroatoms. The van der Waals surface area contributed by atoms with Crippen LogP contribution in [0.1, 0.15) is 18.1 Å². The lowest BCUT2D eigenvalue weighted by molar-refractivity contribution is 0.609. The second kappa shape index (κ2) is 4.40. The van der Waals surface area contributed by atoms with Crippen molar-refractivity contribution >= 4 is 31.3 Å². The van der Waals surface area contributed by atoms with Crippen molar-refractivity contribution in [2.75, 3.05) is 0 Å². The number of nitrogens with zero attached hydrogens (tertiary/aromatic N) is 1. The Bertz CT molecular complexity index is 532. The molecule has 0 aromatic heterocycles. The zero-order valence-corrected chi connectivity index (χ0v) is 10.1. The van der Waals surface area contributed by atoms with E-state index in [0.717, 1.165) is 0 Å². The Morgan fingerprint density at radius 3 is 2.47 bits per heavy atom. The van der Waals surface area contributed by atoms with Gasteiger partial charge in [0.05, 0.1) is 5.56 Å². The van der Waals surface area contributed by atoms with E-state index in [1.807, 2.05) is 6.07 Å². The minimum atomic E-state index is -3.90. The molecule has 0 heterocycles. The fourth-order valence-electron chi connectivity index (χ4n) is 1.27. The molecule has 0 radical (unpaired) electrons. The van der Waals surface area contributed by atoms with Gasteiger partial charge in [0.2, 0.25) is 0 Å². The summed E-state index contributed by atoms with van der Waals surface area (Å²) in [5.74, 6) is 0. The molecular weight excluding hydrogens is 257 g/mol. The van der Waals surface area contributed by atoms with Crippen molar-refractivity contribution in [3.05, 3.63) is 28.3 Å². The van der Waals surface area contributed by atoms with Crippen molar-refractivity contribution < 1.29 is 8.42 Å². The molecule has 0 saturated carbocycles. The number of benzene rings is 1. The molecule has 1 rings (SSSR count). The molecule has 0 aliphatic heterocycles. The molecular formula is C9H7Cl2NO2S. The van der Waals surface area contributed by atoms with Crippen LogP contribution in [0.5, 0.6) is 0 Å². The highest BCUT2D eigenvalue weighted by Crippen LogP contribution is 2.28. The summed E-state index contributed by atoms with van der Waals surface area (Å²) < 4.78 is 22.3. The van der Waals surface area contributed by atoms with Gasteiger partial charge >= 0.3 is 0 Å². The maximum Gasteiger partial charge on any atom is 0.262 e. The molecule has 15 heavy (non-hydrogen) atoms. The molecule has 80 valence electrons. The van der Waals surface area contributed by atoms with Crippen LogP contribution in [0, 0.1) is 11.3 Å². The third-order valence-electron chi connectivity index (χ3n) is 1.95. The molecule has 0 aliphatic carbocycles. The lowest BCUT2D eigenvalue weighted by Gasteiger charge is -2.06. The van der Waals surface area contributed by atoms with E-state index < -0.39 is 9.05 Å². The van der Waals surface area contributed by atoms with Crippen LogP contribution in [0.15, 0.2) is 17.0 Å². The Labute approximate surface area is 97.7 Å². The molecule has 0 N–H and O–H groups in total. The number of nitriles is 1. The van der Waals surface area contributed by atoms with Crippen molar-refractivity contribution in [3.63, 3.8) is 0 Å². The van der Waals surface area contributed by atoms with Gasteiger partial charge < -0.3 is 0 Å². The summed E-state index contributed by atoms with van der Waals surface area (Å²) in [6, 6.07) is 4.48. The van der Waals surface area contributed by atoms with Crippen LogP contribution in [0.3, 0.4) is 0 Å². The topological polar surface area (TPSA) is 57.9 Å². The number of hydrogen-bond acceptors (Lipinski definition) is 3. The minimum Gasteiger partial charge on any atom is -0.207 e. The Kier molecular flexibility index (Phi) is 3.61. The van der Waals surface area contributed by atoms with Crippen LogP contribution in [0.25, 0.3) is 0 Å². The fraction of sp³-hybridized carbons (Fsp3) is 0.222. The van der Waals surface area contributed by atoms with E-state index in [9.17, 15) is 8.42 Å². The average molecular weight is 264 g/mol. The van der Waals surface area contributed by atoms with E-state index in [1.54, 1.807) is 6.92 Å². The summed E-state index contributed by atoms with van der Waals surface area (Å²) >= 11 is 5.84. The maximum atomic E-state index is 11.2. The lowest BCUT2D eigenvalue weighted by Crippen LogP contribution is -1.99. The van der Waals surface area contributed by atoms with E-state index in [2.05, 4.69) is 0 Å². The first-order valence-corrected chi connectivity index (χ1v) is 6.76. The maximum absolute atomic E-state index is 11.2. The molecule has 0 aliphatic rings. The van der Waals surface area contributed by atoms with Gasteiger partial charge in [0, 0.05) is 15.7 Å². The van der Waals surface area contributed by atoms with E-state index in [-0.39, 0.29) is 10.5 Å². The number of hydrogen-bond donors (Lipinski definition) is 0. The van der Waals surface area contributed by atoms with E-state index >= 15 is 0 Å². The predicted molar refractivity (Wildman–Crippen MR) is 58.6 cm³/mol. The van der Waals surface area contributed by atoms with Gasteiger partial charge in [-0.3, -0.25) is 0 Å². The quantitative estimate of drug-likeness (QED) is 0.771. The first-order chi connectivity index (χ1) is 6.91. The molecule has 0 amide bonds. The summed E-state index contributed by atoms with van der Waals surface area (Å²) in [6.45, 7) is 1.78. The van der Waals surface area contributed by atoms with Crippen molar-refractivity contribution in [1.29, 1.82) is 5.26 Å².